The molecule has 0 N–H and O–H groups in total. The van der Waals surface area contributed by atoms with Crippen molar-refractivity contribution in [2.45, 2.75) is 57.9 Å². The third kappa shape index (κ3) is 3.83. The Morgan fingerprint density at radius 3 is 2.55 bits per heavy atom. The van der Waals surface area contributed by atoms with Crippen molar-refractivity contribution in [3.8, 4) is 16.9 Å². The first kappa shape index (κ1) is 21.5. The molecule has 1 aliphatic rings. The monoisotopic (exact) mass is 442 g/mol. The standard InChI is InChI=1S/C22H26N4O4S/c1-14-8-9-18(13-20(14)31(28,29)25-12-6-5-7-15(25)2)19-10-11-21(27)26(23-19)22-16(3)24-30-17(22)4/h8-11,13,15H,5-7,12H2,1-4H3/t15-/m1/s1. The van der Waals surface area contributed by atoms with Crippen LogP contribution in [0.1, 0.15) is 43.2 Å². The van der Waals surface area contributed by atoms with Crippen LogP contribution in [-0.4, -0.2) is 40.2 Å². The molecule has 0 bridgehead atoms. The molecule has 2 aromatic heterocycles. The summed E-state index contributed by atoms with van der Waals surface area (Å²) < 4.78 is 34.9. The van der Waals surface area contributed by atoms with Crippen LogP contribution in [0.5, 0.6) is 0 Å². The van der Waals surface area contributed by atoms with Gasteiger partial charge >= 0.3 is 0 Å². The molecule has 0 saturated carbocycles. The Labute approximate surface area is 181 Å². The lowest BCUT2D eigenvalue weighted by molar-refractivity contribution is 0.268. The van der Waals surface area contributed by atoms with E-state index in [0.29, 0.717) is 40.5 Å². The summed E-state index contributed by atoms with van der Waals surface area (Å²) in [5.74, 6) is 0.482. The van der Waals surface area contributed by atoms with Crippen LogP contribution >= 0.6 is 0 Å². The van der Waals surface area contributed by atoms with Gasteiger partial charge in [0.25, 0.3) is 5.56 Å². The van der Waals surface area contributed by atoms with Crippen LogP contribution < -0.4 is 5.56 Å². The van der Waals surface area contributed by atoms with Gasteiger partial charge in [0.15, 0.2) is 5.76 Å². The van der Waals surface area contributed by atoms with E-state index in [1.54, 1.807) is 43.3 Å². The Morgan fingerprint density at radius 1 is 1.10 bits per heavy atom. The normalized spacial score (nSPS) is 17.7. The number of piperidine rings is 1. The molecule has 0 radical (unpaired) electrons. The number of sulfonamides is 1. The second-order valence-electron chi connectivity index (χ2n) is 8.08. The summed E-state index contributed by atoms with van der Waals surface area (Å²) in [6, 6.07) is 8.23. The summed E-state index contributed by atoms with van der Waals surface area (Å²) in [5.41, 5.74) is 2.52. The van der Waals surface area contributed by atoms with Gasteiger partial charge in [-0.05, 0) is 58.2 Å². The van der Waals surface area contributed by atoms with Crippen molar-refractivity contribution < 1.29 is 12.9 Å². The van der Waals surface area contributed by atoms with Crippen molar-refractivity contribution in [3.05, 3.63) is 57.7 Å². The van der Waals surface area contributed by atoms with Crippen molar-refractivity contribution in [1.29, 1.82) is 0 Å². The van der Waals surface area contributed by atoms with Crippen molar-refractivity contribution in [2.75, 3.05) is 6.54 Å². The number of aryl methyl sites for hydroxylation is 3. The molecule has 0 unspecified atom stereocenters. The molecule has 31 heavy (non-hydrogen) atoms. The van der Waals surface area contributed by atoms with Gasteiger partial charge in [-0.2, -0.15) is 14.1 Å². The molecular formula is C22H26N4O4S. The minimum atomic E-state index is -3.64. The van der Waals surface area contributed by atoms with Gasteiger partial charge < -0.3 is 4.52 Å². The first-order valence-electron chi connectivity index (χ1n) is 10.4. The van der Waals surface area contributed by atoms with Crippen molar-refractivity contribution in [3.63, 3.8) is 0 Å². The lowest BCUT2D eigenvalue weighted by Gasteiger charge is -2.32. The molecule has 3 aromatic rings. The van der Waals surface area contributed by atoms with Crippen LogP contribution in [0.2, 0.25) is 0 Å². The van der Waals surface area contributed by atoms with E-state index in [-0.39, 0.29) is 16.5 Å². The molecule has 1 saturated heterocycles. The Morgan fingerprint density at radius 2 is 1.87 bits per heavy atom. The van der Waals surface area contributed by atoms with Gasteiger partial charge in [0, 0.05) is 24.2 Å². The minimum absolute atomic E-state index is 0.0265. The lowest BCUT2D eigenvalue weighted by Crippen LogP contribution is -2.42. The van der Waals surface area contributed by atoms with E-state index in [2.05, 4.69) is 10.3 Å². The number of hydrogen-bond donors (Lipinski definition) is 0. The lowest BCUT2D eigenvalue weighted by atomic mass is 10.1. The predicted molar refractivity (Wildman–Crippen MR) is 117 cm³/mol. The molecule has 0 amide bonds. The number of rotatable bonds is 4. The fraction of sp³-hybridized carbons (Fsp3) is 0.409. The zero-order valence-electron chi connectivity index (χ0n) is 18.1. The molecule has 1 aromatic carbocycles. The smallest absolute Gasteiger partial charge is 0.271 e. The zero-order chi connectivity index (χ0) is 22.3. The largest absolute Gasteiger partial charge is 0.359 e. The number of hydrogen-bond acceptors (Lipinski definition) is 6. The van der Waals surface area contributed by atoms with E-state index in [9.17, 15) is 13.2 Å². The Bertz CT molecular complexity index is 1270. The average Bonchev–Trinajstić information content (AvgIpc) is 3.07. The number of nitrogens with zero attached hydrogens (tertiary/aromatic N) is 4. The van der Waals surface area contributed by atoms with Crippen LogP contribution in [0.4, 0.5) is 0 Å². The van der Waals surface area contributed by atoms with Gasteiger partial charge in [-0.1, -0.05) is 23.7 Å². The minimum Gasteiger partial charge on any atom is -0.359 e. The van der Waals surface area contributed by atoms with Crippen LogP contribution in [0, 0.1) is 20.8 Å². The highest BCUT2D eigenvalue weighted by atomic mass is 32.2. The SMILES string of the molecule is Cc1ccc(-c2ccc(=O)n(-c3c(C)noc3C)n2)cc1S(=O)(=O)N1CCCC[C@H]1C. The van der Waals surface area contributed by atoms with E-state index in [1.807, 2.05) is 13.0 Å². The summed E-state index contributed by atoms with van der Waals surface area (Å²) in [6.07, 6.45) is 2.77. The third-order valence-electron chi connectivity index (χ3n) is 5.82. The Kier molecular flexibility index (Phi) is 5.57. The van der Waals surface area contributed by atoms with E-state index >= 15 is 0 Å². The maximum absolute atomic E-state index is 13.4. The van der Waals surface area contributed by atoms with Crippen molar-refractivity contribution in [1.82, 2.24) is 19.2 Å². The molecule has 164 valence electrons. The van der Waals surface area contributed by atoms with E-state index in [0.717, 1.165) is 19.3 Å². The molecule has 1 fully saturated rings. The first-order valence-corrected chi connectivity index (χ1v) is 11.8. The fourth-order valence-corrected chi connectivity index (χ4v) is 6.05. The summed E-state index contributed by atoms with van der Waals surface area (Å²) in [7, 11) is -3.64. The van der Waals surface area contributed by atoms with Crippen LogP contribution in [0.15, 0.2) is 44.5 Å². The fourth-order valence-electron chi connectivity index (χ4n) is 4.10. The van der Waals surface area contributed by atoms with Crippen molar-refractivity contribution in [2.24, 2.45) is 0 Å². The zero-order valence-corrected chi connectivity index (χ0v) is 18.9. The highest BCUT2D eigenvalue weighted by molar-refractivity contribution is 7.89. The Balaban J connectivity index is 1.81. The van der Waals surface area contributed by atoms with E-state index < -0.39 is 10.0 Å². The maximum atomic E-state index is 13.4. The molecule has 4 rings (SSSR count). The van der Waals surface area contributed by atoms with Gasteiger partial charge in [0.05, 0.1) is 10.6 Å². The summed E-state index contributed by atoms with van der Waals surface area (Å²) in [6.45, 7) is 7.73. The molecule has 3 heterocycles. The van der Waals surface area contributed by atoms with Crippen LogP contribution in [-0.2, 0) is 10.0 Å². The van der Waals surface area contributed by atoms with Crippen LogP contribution in [0.3, 0.4) is 0 Å². The molecule has 9 heteroatoms. The maximum Gasteiger partial charge on any atom is 0.271 e. The number of benzene rings is 1. The van der Waals surface area contributed by atoms with E-state index in [1.165, 1.54) is 10.7 Å². The summed E-state index contributed by atoms with van der Waals surface area (Å²) in [5, 5.41) is 8.38. The van der Waals surface area contributed by atoms with Gasteiger partial charge in [0.1, 0.15) is 11.4 Å². The Hall–Kier alpha value is -2.78. The first-order chi connectivity index (χ1) is 14.7. The van der Waals surface area contributed by atoms with Crippen LogP contribution in [0.25, 0.3) is 16.9 Å². The van der Waals surface area contributed by atoms with Gasteiger partial charge in [0.2, 0.25) is 10.0 Å². The summed E-state index contributed by atoms with van der Waals surface area (Å²) in [4.78, 5) is 12.7. The molecule has 0 aliphatic carbocycles. The molecule has 1 atom stereocenters. The third-order valence-corrected chi connectivity index (χ3v) is 7.98. The highest BCUT2D eigenvalue weighted by Crippen LogP contribution is 2.30. The summed E-state index contributed by atoms with van der Waals surface area (Å²) >= 11 is 0. The molecular weight excluding hydrogens is 416 g/mol. The quantitative estimate of drug-likeness (QED) is 0.614. The highest BCUT2D eigenvalue weighted by Gasteiger charge is 2.32. The van der Waals surface area contributed by atoms with Crippen molar-refractivity contribution >= 4 is 10.0 Å². The number of aromatic nitrogens is 3. The second-order valence-corrected chi connectivity index (χ2v) is 9.94. The molecule has 8 nitrogen and oxygen atoms in total. The topological polar surface area (TPSA) is 98.3 Å². The van der Waals surface area contributed by atoms with Gasteiger partial charge in [-0.15, -0.1) is 0 Å². The second kappa shape index (κ2) is 8.05. The van der Waals surface area contributed by atoms with Gasteiger partial charge in [-0.25, -0.2) is 8.42 Å². The molecule has 0 spiro atoms. The average molecular weight is 443 g/mol. The van der Waals surface area contributed by atoms with E-state index in [4.69, 9.17) is 4.52 Å². The molecule has 1 aliphatic heterocycles. The predicted octanol–water partition coefficient (Wildman–Crippen LogP) is 3.38. The van der Waals surface area contributed by atoms with Gasteiger partial charge in [-0.3, -0.25) is 4.79 Å².